The van der Waals surface area contributed by atoms with Gasteiger partial charge in [-0.2, -0.15) is 0 Å². The first kappa shape index (κ1) is 16.3. The Hall–Kier alpha value is -0.800. The van der Waals surface area contributed by atoms with Gasteiger partial charge in [0.25, 0.3) is 0 Å². The van der Waals surface area contributed by atoms with Gasteiger partial charge in [0.15, 0.2) is 0 Å². The lowest BCUT2D eigenvalue weighted by molar-refractivity contribution is 0.625. The van der Waals surface area contributed by atoms with E-state index in [0.29, 0.717) is 16.5 Å². The summed E-state index contributed by atoms with van der Waals surface area (Å²) >= 11 is 11.9. The van der Waals surface area contributed by atoms with E-state index in [-0.39, 0.29) is 24.3 Å². The highest BCUT2D eigenvalue weighted by molar-refractivity contribution is 6.34. The molecule has 2 aromatic carbocycles. The molecule has 5 heteroatoms. The molecule has 1 unspecified atom stereocenters. The standard InChI is InChI=1S/C14H12Cl2FN.ClH/c15-11-6-10(7-12(16)8-11)14(18)5-9-1-3-13(17)4-2-9;/h1-4,6-8,14H,5,18H2;1H. The summed E-state index contributed by atoms with van der Waals surface area (Å²) in [7, 11) is 0. The van der Waals surface area contributed by atoms with E-state index in [9.17, 15) is 4.39 Å². The molecule has 2 N–H and O–H groups in total. The fraction of sp³-hybridized carbons (Fsp3) is 0.143. The molecule has 0 spiro atoms. The molecular weight excluding hydrogens is 308 g/mol. The smallest absolute Gasteiger partial charge is 0.123 e. The average Bonchev–Trinajstić information content (AvgIpc) is 2.31. The number of rotatable bonds is 3. The van der Waals surface area contributed by atoms with E-state index < -0.39 is 0 Å². The Morgan fingerprint density at radius 3 is 2.05 bits per heavy atom. The Balaban J connectivity index is 0.00000180. The van der Waals surface area contributed by atoms with Crippen LogP contribution in [0.5, 0.6) is 0 Å². The molecule has 0 bridgehead atoms. The monoisotopic (exact) mass is 319 g/mol. The highest BCUT2D eigenvalue weighted by Crippen LogP contribution is 2.24. The van der Waals surface area contributed by atoms with Gasteiger partial charge < -0.3 is 5.73 Å². The third-order valence-corrected chi connectivity index (χ3v) is 3.12. The molecule has 0 aliphatic rings. The third kappa shape index (κ3) is 4.66. The van der Waals surface area contributed by atoms with Crippen LogP contribution in [0.3, 0.4) is 0 Å². The van der Waals surface area contributed by atoms with Gasteiger partial charge >= 0.3 is 0 Å². The van der Waals surface area contributed by atoms with E-state index in [1.165, 1.54) is 12.1 Å². The molecule has 0 aliphatic heterocycles. The van der Waals surface area contributed by atoms with Crippen molar-refractivity contribution in [3.05, 3.63) is 69.5 Å². The normalized spacial score (nSPS) is 11.8. The van der Waals surface area contributed by atoms with Crippen LogP contribution in [0, 0.1) is 5.82 Å². The van der Waals surface area contributed by atoms with Crippen molar-refractivity contribution in [3.8, 4) is 0 Å². The predicted octanol–water partition coefficient (Wildman–Crippen LogP) is 4.80. The maximum atomic E-state index is 12.8. The van der Waals surface area contributed by atoms with Crippen molar-refractivity contribution in [2.45, 2.75) is 12.5 Å². The lowest BCUT2D eigenvalue weighted by Gasteiger charge is -2.13. The minimum absolute atomic E-state index is 0. The van der Waals surface area contributed by atoms with Crippen LogP contribution in [-0.2, 0) is 6.42 Å². The van der Waals surface area contributed by atoms with Crippen molar-refractivity contribution in [1.82, 2.24) is 0 Å². The fourth-order valence-corrected chi connectivity index (χ4v) is 2.32. The first-order valence-electron chi connectivity index (χ1n) is 5.50. The summed E-state index contributed by atoms with van der Waals surface area (Å²) in [6.07, 6.45) is 0.608. The SMILES string of the molecule is Cl.NC(Cc1ccc(F)cc1)c1cc(Cl)cc(Cl)c1. The maximum absolute atomic E-state index is 12.8. The zero-order chi connectivity index (χ0) is 13.1. The van der Waals surface area contributed by atoms with Gasteiger partial charge in [-0.25, -0.2) is 4.39 Å². The van der Waals surface area contributed by atoms with Crippen LogP contribution in [0.4, 0.5) is 4.39 Å². The quantitative estimate of drug-likeness (QED) is 0.864. The molecule has 0 saturated carbocycles. The average molecular weight is 321 g/mol. The second-order valence-electron chi connectivity index (χ2n) is 4.14. The van der Waals surface area contributed by atoms with Gasteiger partial charge in [0.05, 0.1) is 0 Å². The zero-order valence-electron chi connectivity index (χ0n) is 9.95. The molecule has 0 heterocycles. The van der Waals surface area contributed by atoms with Gasteiger partial charge in [0.2, 0.25) is 0 Å². The molecule has 0 radical (unpaired) electrons. The van der Waals surface area contributed by atoms with Gasteiger partial charge in [-0.3, -0.25) is 0 Å². The Morgan fingerprint density at radius 2 is 1.53 bits per heavy atom. The van der Waals surface area contributed by atoms with Gasteiger partial charge in [0, 0.05) is 16.1 Å². The number of benzene rings is 2. The summed E-state index contributed by atoms with van der Waals surface area (Å²) in [5, 5.41) is 1.12. The van der Waals surface area contributed by atoms with Gasteiger partial charge in [0.1, 0.15) is 5.82 Å². The molecule has 19 heavy (non-hydrogen) atoms. The number of hydrogen-bond donors (Lipinski definition) is 1. The van der Waals surface area contributed by atoms with E-state index in [4.69, 9.17) is 28.9 Å². The minimum atomic E-state index is -0.252. The summed E-state index contributed by atoms with van der Waals surface area (Å²) < 4.78 is 12.8. The lowest BCUT2D eigenvalue weighted by atomic mass is 10.00. The van der Waals surface area contributed by atoms with Gasteiger partial charge in [-0.15, -0.1) is 12.4 Å². The second-order valence-corrected chi connectivity index (χ2v) is 5.01. The number of nitrogens with two attached hydrogens (primary N) is 1. The number of hydrogen-bond acceptors (Lipinski definition) is 1. The topological polar surface area (TPSA) is 26.0 Å². The van der Waals surface area contributed by atoms with Crippen molar-refractivity contribution in [1.29, 1.82) is 0 Å². The predicted molar refractivity (Wildman–Crippen MR) is 80.7 cm³/mol. The summed E-state index contributed by atoms with van der Waals surface area (Å²) in [5.41, 5.74) is 7.94. The summed E-state index contributed by atoms with van der Waals surface area (Å²) in [6, 6.07) is 11.3. The molecular formula is C14H13Cl3FN. The van der Waals surface area contributed by atoms with E-state index in [1.807, 2.05) is 0 Å². The Bertz CT molecular complexity index is 523. The van der Waals surface area contributed by atoms with Crippen molar-refractivity contribution in [3.63, 3.8) is 0 Å². The van der Waals surface area contributed by atoms with Crippen LogP contribution in [0.2, 0.25) is 10.0 Å². The van der Waals surface area contributed by atoms with Crippen LogP contribution in [0.1, 0.15) is 17.2 Å². The van der Waals surface area contributed by atoms with Crippen molar-refractivity contribution in [2.24, 2.45) is 5.73 Å². The maximum Gasteiger partial charge on any atom is 0.123 e. The lowest BCUT2D eigenvalue weighted by Crippen LogP contribution is -2.13. The first-order valence-corrected chi connectivity index (χ1v) is 6.26. The molecule has 0 fully saturated rings. The summed E-state index contributed by atoms with van der Waals surface area (Å²) in [5.74, 6) is -0.252. The Kier molecular flexibility index (Phi) is 6.08. The van der Waals surface area contributed by atoms with E-state index in [1.54, 1.807) is 30.3 Å². The highest BCUT2D eigenvalue weighted by atomic mass is 35.5. The van der Waals surface area contributed by atoms with Gasteiger partial charge in [-0.1, -0.05) is 35.3 Å². The van der Waals surface area contributed by atoms with Crippen molar-refractivity contribution >= 4 is 35.6 Å². The zero-order valence-corrected chi connectivity index (χ0v) is 12.3. The summed E-state index contributed by atoms with van der Waals surface area (Å²) in [4.78, 5) is 0. The van der Waals surface area contributed by atoms with E-state index in [0.717, 1.165) is 11.1 Å². The van der Waals surface area contributed by atoms with Crippen LogP contribution in [-0.4, -0.2) is 0 Å². The highest BCUT2D eigenvalue weighted by Gasteiger charge is 2.09. The molecule has 102 valence electrons. The first-order chi connectivity index (χ1) is 8.54. The molecule has 1 nitrogen and oxygen atoms in total. The largest absolute Gasteiger partial charge is 0.324 e. The molecule has 0 amide bonds. The van der Waals surface area contributed by atoms with Crippen LogP contribution >= 0.6 is 35.6 Å². The Labute approximate surface area is 127 Å². The minimum Gasteiger partial charge on any atom is -0.324 e. The molecule has 0 aliphatic carbocycles. The molecule has 1 atom stereocenters. The fourth-order valence-electron chi connectivity index (χ4n) is 1.78. The van der Waals surface area contributed by atoms with E-state index in [2.05, 4.69) is 0 Å². The van der Waals surface area contributed by atoms with Gasteiger partial charge in [-0.05, 0) is 47.9 Å². The van der Waals surface area contributed by atoms with Crippen LogP contribution in [0.15, 0.2) is 42.5 Å². The van der Waals surface area contributed by atoms with Crippen LogP contribution < -0.4 is 5.73 Å². The summed E-state index contributed by atoms with van der Waals surface area (Å²) in [6.45, 7) is 0. The molecule has 0 saturated heterocycles. The third-order valence-electron chi connectivity index (χ3n) is 2.68. The van der Waals surface area contributed by atoms with E-state index >= 15 is 0 Å². The van der Waals surface area contributed by atoms with Crippen molar-refractivity contribution < 1.29 is 4.39 Å². The van der Waals surface area contributed by atoms with Crippen molar-refractivity contribution in [2.75, 3.05) is 0 Å². The number of halogens is 4. The Morgan fingerprint density at radius 1 is 1.00 bits per heavy atom. The molecule has 0 aromatic heterocycles. The van der Waals surface area contributed by atoms with Crippen LogP contribution in [0.25, 0.3) is 0 Å². The molecule has 2 rings (SSSR count). The second kappa shape index (κ2) is 7.11. The molecule has 2 aromatic rings.